The van der Waals surface area contributed by atoms with E-state index >= 15 is 0 Å². The van der Waals surface area contributed by atoms with Crippen molar-refractivity contribution in [1.82, 2.24) is 15.0 Å². The molecule has 7 nitrogen and oxygen atoms in total. The molecule has 0 spiro atoms. The van der Waals surface area contributed by atoms with Gasteiger partial charge in [0.15, 0.2) is 5.82 Å². The van der Waals surface area contributed by atoms with Crippen molar-refractivity contribution in [2.75, 3.05) is 18.0 Å². The summed E-state index contributed by atoms with van der Waals surface area (Å²) in [4.78, 5) is 13.2. The molecule has 0 radical (unpaired) electrons. The van der Waals surface area contributed by atoms with Gasteiger partial charge in [-0.1, -0.05) is 17.3 Å². The van der Waals surface area contributed by atoms with E-state index in [0.717, 1.165) is 0 Å². The number of aromatic nitrogens is 3. The van der Waals surface area contributed by atoms with E-state index < -0.39 is 11.9 Å². The van der Waals surface area contributed by atoms with Crippen LogP contribution in [-0.4, -0.2) is 40.3 Å². The summed E-state index contributed by atoms with van der Waals surface area (Å²) in [6.45, 7) is 0.536. The van der Waals surface area contributed by atoms with Gasteiger partial charge in [-0.05, 0) is 30.3 Å². The van der Waals surface area contributed by atoms with E-state index in [1.807, 2.05) is 18.2 Å². The standard InChI is InChI=1S/C16H14FN5O2/c17-12-7-10(21-9-11(8-18)24-16(21)23)5-6-14(12)22-15-4-2-1-3-13(15)19-20-22/h1-7,11H,8-9,18H2. The zero-order valence-corrected chi connectivity index (χ0v) is 12.6. The van der Waals surface area contributed by atoms with Gasteiger partial charge >= 0.3 is 6.09 Å². The smallest absolute Gasteiger partial charge is 0.414 e. The van der Waals surface area contributed by atoms with Gasteiger partial charge in [0.1, 0.15) is 17.3 Å². The third-order valence-corrected chi connectivity index (χ3v) is 3.96. The maximum Gasteiger partial charge on any atom is 0.414 e. The van der Waals surface area contributed by atoms with Gasteiger partial charge in [-0.3, -0.25) is 4.90 Å². The molecule has 24 heavy (non-hydrogen) atoms. The molecule has 2 N–H and O–H groups in total. The second kappa shape index (κ2) is 5.57. The summed E-state index contributed by atoms with van der Waals surface area (Å²) in [6, 6.07) is 11.8. The highest BCUT2D eigenvalue weighted by Gasteiger charge is 2.31. The number of halogens is 1. The first kappa shape index (κ1) is 14.6. The molecule has 2 heterocycles. The van der Waals surface area contributed by atoms with Gasteiger partial charge in [0, 0.05) is 6.54 Å². The molecule has 0 saturated carbocycles. The van der Waals surface area contributed by atoms with Gasteiger partial charge in [0.05, 0.1) is 17.7 Å². The summed E-state index contributed by atoms with van der Waals surface area (Å²) in [5.74, 6) is -0.507. The summed E-state index contributed by atoms with van der Waals surface area (Å²) < 4.78 is 21.1. The fraction of sp³-hybridized carbons (Fsp3) is 0.188. The van der Waals surface area contributed by atoms with E-state index in [9.17, 15) is 9.18 Å². The lowest BCUT2D eigenvalue weighted by Crippen LogP contribution is -2.27. The number of benzene rings is 2. The van der Waals surface area contributed by atoms with Crippen LogP contribution in [0.25, 0.3) is 16.7 Å². The van der Waals surface area contributed by atoms with Crippen LogP contribution in [0, 0.1) is 5.82 Å². The van der Waals surface area contributed by atoms with E-state index in [1.54, 1.807) is 18.2 Å². The number of hydrogen-bond acceptors (Lipinski definition) is 5. The number of nitrogens with two attached hydrogens (primary N) is 1. The predicted molar refractivity (Wildman–Crippen MR) is 85.5 cm³/mol. The van der Waals surface area contributed by atoms with Crippen molar-refractivity contribution in [2.24, 2.45) is 5.73 Å². The first-order valence-corrected chi connectivity index (χ1v) is 7.46. The number of carbonyl (C=O) groups excluding carboxylic acids is 1. The van der Waals surface area contributed by atoms with E-state index in [0.29, 0.717) is 23.3 Å². The fourth-order valence-corrected chi connectivity index (χ4v) is 2.74. The van der Waals surface area contributed by atoms with E-state index in [1.165, 1.54) is 15.6 Å². The highest BCUT2D eigenvalue weighted by atomic mass is 19.1. The Morgan fingerprint density at radius 1 is 1.29 bits per heavy atom. The number of fused-ring (bicyclic) bond motifs is 1. The molecule has 0 bridgehead atoms. The Kier molecular flexibility index (Phi) is 3.39. The molecule has 1 fully saturated rings. The van der Waals surface area contributed by atoms with Crippen LogP contribution < -0.4 is 10.6 Å². The van der Waals surface area contributed by atoms with Gasteiger partial charge in [-0.2, -0.15) is 0 Å². The van der Waals surface area contributed by atoms with Crippen molar-refractivity contribution in [1.29, 1.82) is 0 Å². The van der Waals surface area contributed by atoms with Gasteiger partial charge in [0.2, 0.25) is 0 Å². The van der Waals surface area contributed by atoms with Crippen molar-refractivity contribution in [3.8, 4) is 5.69 Å². The summed E-state index contributed by atoms with van der Waals surface area (Å²) in [5.41, 5.74) is 7.57. The third-order valence-electron chi connectivity index (χ3n) is 3.96. The van der Waals surface area contributed by atoms with Crippen LogP contribution in [0.4, 0.5) is 14.9 Å². The van der Waals surface area contributed by atoms with Crippen molar-refractivity contribution in [3.05, 3.63) is 48.3 Å². The number of amides is 1. The lowest BCUT2D eigenvalue weighted by atomic mass is 10.2. The maximum absolute atomic E-state index is 14.6. The number of cyclic esters (lactones) is 1. The lowest BCUT2D eigenvalue weighted by molar-refractivity contribution is 0.145. The maximum atomic E-state index is 14.6. The SMILES string of the molecule is NCC1CN(c2ccc(-n3nnc4ccccc43)c(F)c2)C(=O)O1. The summed E-state index contributed by atoms with van der Waals surface area (Å²) >= 11 is 0. The lowest BCUT2D eigenvalue weighted by Gasteiger charge is -2.14. The quantitative estimate of drug-likeness (QED) is 0.793. The van der Waals surface area contributed by atoms with Crippen LogP contribution in [0.2, 0.25) is 0 Å². The molecule has 1 amide bonds. The van der Waals surface area contributed by atoms with Crippen LogP contribution in [0.5, 0.6) is 0 Å². The van der Waals surface area contributed by atoms with Crippen LogP contribution >= 0.6 is 0 Å². The zero-order valence-electron chi connectivity index (χ0n) is 12.6. The highest BCUT2D eigenvalue weighted by molar-refractivity contribution is 5.90. The van der Waals surface area contributed by atoms with Crippen molar-refractivity contribution in [3.63, 3.8) is 0 Å². The van der Waals surface area contributed by atoms with Crippen molar-refractivity contribution in [2.45, 2.75) is 6.10 Å². The summed E-state index contributed by atoms with van der Waals surface area (Å²) in [6.07, 6.45) is -0.900. The van der Waals surface area contributed by atoms with Crippen LogP contribution in [0.1, 0.15) is 0 Å². The molecule has 1 aliphatic rings. The van der Waals surface area contributed by atoms with E-state index in [4.69, 9.17) is 10.5 Å². The van der Waals surface area contributed by atoms with Crippen LogP contribution in [0.15, 0.2) is 42.5 Å². The molecule has 1 saturated heterocycles. The second-order valence-electron chi connectivity index (χ2n) is 5.48. The normalized spacial score (nSPS) is 17.5. The molecule has 1 aromatic heterocycles. The largest absolute Gasteiger partial charge is 0.443 e. The number of ether oxygens (including phenoxy) is 1. The minimum absolute atomic E-state index is 0.230. The average Bonchev–Trinajstić information content (AvgIpc) is 3.18. The number of nitrogens with zero attached hydrogens (tertiary/aromatic N) is 4. The summed E-state index contributed by atoms with van der Waals surface area (Å²) in [7, 11) is 0. The molecule has 0 aliphatic carbocycles. The van der Waals surface area contributed by atoms with Crippen LogP contribution in [-0.2, 0) is 4.74 Å². The molecule has 2 aromatic carbocycles. The molecule has 8 heteroatoms. The molecular weight excluding hydrogens is 313 g/mol. The minimum atomic E-state index is -0.524. The molecule has 4 rings (SSSR count). The van der Waals surface area contributed by atoms with Gasteiger partial charge < -0.3 is 10.5 Å². The third kappa shape index (κ3) is 2.28. The number of para-hydroxylation sites is 1. The molecular formula is C16H14FN5O2. The van der Waals surface area contributed by atoms with E-state index in [2.05, 4.69) is 10.3 Å². The monoisotopic (exact) mass is 327 g/mol. The van der Waals surface area contributed by atoms with Crippen LogP contribution in [0.3, 0.4) is 0 Å². The zero-order chi connectivity index (χ0) is 16.7. The van der Waals surface area contributed by atoms with Gasteiger partial charge in [-0.25, -0.2) is 13.9 Å². The Morgan fingerprint density at radius 3 is 2.88 bits per heavy atom. The molecule has 1 unspecified atom stereocenters. The molecule has 1 atom stereocenters. The Morgan fingerprint density at radius 2 is 2.12 bits per heavy atom. The van der Waals surface area contributed by atoms with E-state index in [-0.39, 0.29) is 18.3 Å². The second-order valence-corrected chi connectivity index (χ2v) is 5.48. The Hall–Kier alpha value is -3.00. The summed E-state index contributed by atoms with van der Waals surface area (Å²) in [5, 5.41) is 8.02. The fourth-order valence-electron chi connectivity index (χ4n) is 2.74. The van der Waals surface area contributed by atoms with Crippen molar-refractivity contribution < 1.29 is 13.9 Å². The first-order valence-electron chi connectivity index (χ1n) is 7.46. The number of carbonyl (C=O) groups is 1. The van der Waals surface area contributed by atoms with Gasteiger partial charge in [-0.15, -0.1) is 5.10 Å². The Bertz CT molecular complexity index is 926. The minimum Gasteiger partial charge on any atom is -0.443 e. The van der Waals surface area contributed by atoms with Crippen molar-refractivity contribution >= 4 is 22.8 Å². The first-order chi connectivity index (χ1) is 11.7. The Balaban J connectivity index is 1.71. The number of rotatable bonds is 3. The number of anilines is 1. The average molecular weight is 327 g/mol. The molecule has 122 valence electrons. The predicted octanol–water partition coefficient (Wildman–Crippen LogP) is 1.84. The number of hydrogen-bond donors (Lipinski definition) is 1. The highest BCUT2D eigenvalue weighted by Crippen LogP contribution is 2.26. The Labute approximate surface area is 136 Å². The topological polar surface area (TPSA) is 86.3 Å². The van der Waals surface area contributed by atoms with Gasteiger partial charge in [0.25, 0.3) is 0 Å². The molecule has 3 aromatic rings. The molecule has 1 aliphatic heterocycles.